The molecule has 1 amide bonds. The number of nitro benzene ring substituents is 1. The van der Waals surface area contributed by atoms with Crippen molar-refractivity contribution in [1.82, 2.24) is 5.32 Å². The minimum absolute atomic E-state index is 0.100. The van der Waals surface area contributed by atoms with Crippen LogP contribution < -0.4 is 5.32 Å². The molecular weight excluding hydrogens is 420 g/mol. The lowest BCUT2D eigenvalue weighted by molar-refractivity contribution is -0.384. The number of amides is 1. The summed E-state index contributed by atoms with van der Waals surface area (Å²) < 4.78 is 10.3. The number of benzene rings is 2. The zero-order valence-corrected chi connectivity index (χ0v) is 17.4. The summed E-state index contributed by atoms with van der Waals surface area (Å²) in [4.78, 5) is 46.7. The van der Waals surface area contributed by atoms with Crippen LogP contribution >= 0.6 is 0 Å². The van der Waals surface area contributed by atoms with Gasteiger partial charge in [-0.25, -0.2) is 4.79 Å². The number of carboxylic acids is 1. The first kappa shape index (κ1) is 24.5. The van der Waals surface area contributed by atoms with Crippen molar-refractivity contribution < 1.29 is 33.9 Å². The summed E-state index contributed by atoms with van der Waals surface area (Å²) in [6, 6.07) is 12.8. The Hall–Kier alpha value is -3.79. The van der Waals surface area contributed by atoms with Crippen molar-refractivity contribution in [3.05, 3.63) is 75.8 Å². The maximum atomic E-state index is 12.3. The molecule has 0 aliphatic heterocycles. The number of ether oxygens (including phenoxy) is 2. The third kappa shape index (κ3) is 7.47. The van der Waals surface area contributed by atoms with Crippen molar-refractivity contribution in [3.63, 3.8) is 0 Å². The van der Waals surface area contributed by atoms with Crippen LogP contribution in [0.3, 0.4) is 0 Å². The van der Waals surface area contributed by atoms with Gasteiger partial charge in [-0.3, -0.25) is 19.7 Å². The first-order valence-electron chi connectivity index (χ1n) is 9.85. The van der Waals surface area contributed by atoms with Crippen molar-refractivity contribution >= 4 is 23.5 Å². The van der Waals surface area contributed by atoms with E-state index in [0.29, 0.717) is 5.56 Å². The Balaban J connectivity index is 2.14. The normalized spacial score (nSPS) is 12.4. The van der Waals surface area contributed by atoms with Gasteiger partial charge in [-0.1, -0.05) is 42.5 Å². The zero-order valence-electron chi connectivity index (χ0n) is 17.4. The fourth-order valence-electron chi connectivity index (χ4n) is 3.06. The fraction of sp³-hybridized carbons (Fsp3) is 0.318. The maximum absolute atomic E-state index is 12.3. The van der Waals surface area contributed by atoms with Crippen LogP contribution in [0.15, 0.2) is 54.6 Å². The average molecular weight is 444 g/mol. The van der Waals surface area contributed by atoms with Crippen LogP contribution in [0.4, 0.5) is 5.69 Å². The number of nitrogens with zero attached hydrogens (tertiary/aromatic N) is 1. The second kappa shape index (κ2) is 12.2. The van der Waals surface area contributed by atoms with Crippen LogP contribution in [0.2, 0.25) is 0 Å². The Bertz CT molecular complexity index is 931. The zero-order chi connectivity index (χ0) is 23.5. The van der Waals surface area contributed by atoms with Crippen LogP contribution in [0.25, 0.3) is 0 Å². The molecule has 0 saturated carbocycles. The first-order chi connectivity index (χ1) is 15.3. The van der Waals surface area contributed by atoms with Gasteiger partial charge < -0.3 is 19.9 Å². The van der Waals surface area contributed by atoms with Crippen molar-refractivity contribution in [2.24, 2.45) is 0 Å². The van der Waals surface area contributed by atoms with Crippen molar-refractivity contribution in [2.45, 2.75) is 31.9 Å². The minimum atomic E-state index is -1.48. The Kier molecular flexibility index (Phi) is 9.30. The van der Waals surface area contributed by atoms with Gasteiger partial charge in [-0.2, -0.15) is 0 Å². The van der Waals surface area contributed by atoms with Crippen LogP contribution in [-0.2, 0) is 30.5 Å². The van der Waals surface area contributed by atoms with E-state index in [1.54, 1.807) is 6.92 Å². The molecule has 2 rings (SSSR count). The highest BCUT2D eigenvalue weighted by molar-refractivity contribution is 5.86. The van der Waals surface area contributed by atoms with E-state index in [0.717, 1.165) is 5.56 Å². The third-order valence-corrected chi connectivity index (χ3v) is 4.55. The van der Waals surface area contributed by atoms with E-state index in [1.807, 2.05) is 30.3 Å². The Morgan fingerprint density at radius 3 is 2.31 bits per heavy atom. The smallest absolute Gasteiger partial charge is 0.326 e. The molecule has 0 aliphatic carbocycles. The maximum Gasteiger partial charge on any atom is 0.326 e. The molecule has 10 heteroatoms. The highest BCUT2D eigenvalue weighted by Gasteiger charge is 2.33. The molecule has 0 heterocycles. The number of rotatable bonds is 12. The highest BCUT2D eigenvalue weighted by atomic mass is 16.6. The van der Waals surface area contributed by atoms with Crippen LogP contribution in [-0.4, -0.2) is 47.1 Å². The molecule has 2 N–H and O–H groups in total. The Labute approximate surface area is 184 Å². The largest absolute Gasteiger partial charge is 0.480 e. The highest BCUT2D eigenvalue weighted by Crippen LogP contribution is 2.27. The standard InChI is InChI=1S/C22H24N2O8/c1-2-32-20(26)12-18(16-8-10-17(11-9-16)24(29)30)21(22(27)28)23-19(25)14-31-13-15-6-4-3-5-7-15/h3-11,18,21H,2,12-14H2,1H3,(H,23,25)(H,27,28)/t18-,21+/m1/s1. The van der Waals surface area contributed by atoms with E-state index in [9.17, 15) is 29.6 Å². The van der Waals surface area contributed by atoms with Gasteiger partial charge in [0.25, 0.3) is 5.69 Å². The molecule has 0 bridgehead atoms. The molecule has 0 radical (unpaired) electrons. The number of carbonyl (C=O) groups excluding carboxylic acids is 2. The molecule has 2 aromatic rings. The Morgan fingerprint density at radius 1 is 1.09 bits per heavy atom. The molecule has 170 valence electrons. The van der Waals surface area contributed by atoms with Gasteiger partial charge in [-0.15, -0.1) is 0 Å². The predicted molar refractivity (Wildman–Crippen MR) is 113 cm³/mol. The summed E-state index contributed by atoms with van der Waals surface area (Å²) in [5.74, 6) is -3.71. The van der Waals surface area contributed by atoms with E-state index in [-0.39, 0.29) is 31.9 Å². The third-order valence-electron chi connectivity index (χ3n) is 4.55. The summed E-state index contributed by atoms with van der Waals surface area (Å²) in [5, 5.41) is 23.0. The summed E-state index contributed by atoms with van der Waals surface area (Å²) in [6.45, 7) is 1.49. The van der Waals surface area contributed by atoms with Gasteiger partial charge >= 0.3 is 11.9 Å². The summed E-state index contributed by atoms with van der Waals surface area (Å²) >= 11 is 0. The predicted octanol–water partition coefficient (Wildman–Crippen LogP) is 2.42. The number of esters is 1. The monoisotopic (exact) mass is 444 g/mol. The average Bonchev–Trinajstić information content (AvgIpc) is 2.77. The summed E-state index contributed by atoms with van der Waals surface area (Å²) in [5.41, 5.74) is 0.997. The van der Waals surface area contributed by atoms with Crippen LogP contribution in [0.5, 0.6) is 0 Å². The van der Waals surface area contributed by atoms with E-state index in [2.05, 4.69) is 5.32 Å². The van der Waals surface area contributed by atoms with Crippen molar-refractivity contribution in [2.75, 3.05) is 13.2 Å². The second-order valence-corrected chi connectivity index (χ2v) is 6.83. The molecule has 32 heavy (non-hydrogen) atoms. The van der Waals surface area contributed by atoms with Gasteiger partial charge in [0.05, 0.1) is 24.6 Å². The van der Waals surface area contributed by atoms with E-state index >= 15 is 0 Å². The number of nitro groups is 1. The molecule has 0 saturated heterocycles. The molecule has 0 unspecified atom stereocenters. The van der Waals surface area contributed by atoms with Crippen LogP contribution in [0, 0.1) is 10.1 Å². The van der Waals surface area contributed by atoms with Crippen molar-refractivity contribution in [1.29, 1.82) is 0 Å². The van der Waals surface area contributed by atoms with Gasteiger partial charge in [0, 0.05) is 18.1 Å². The number of aliphatic carboxylic acids is 1. The number of carbonyl (C=O) groups is 3. The number of hydrogen-bond acceptors (Lipinski definition) is 7. The molecular formula is C22H24N2O8. The molecule has 0 aliphatic rings. The molecule has 0 fully saturated rings. The quantitative estimate of drug-likeness (QED) is 0.288. The lowest BCUT2D eigenvalue weighted by Gasteiger charge is -2.24. The number of carboxylic acid groups (broad SMARTS) is 1. The van der Waals surface area contributed by atoms with Gasteiger partial charge in [-0.05, 0) is 18.1 Å². The SMILES string of the molecule is CCOC(=O)C[C@H](c1ccc([N+](=O)[O-])cc1)[C@H](NC(=O)COCc1ccccc1)C(=O)O. The molecule has 2 atom stereocenters. The number of nitrogens with one attached hydrogen (secondary N) is 1. The van der Waals surface area contributed by atoms with E-state index in [1.165, 1.54) is 24.3 Å². The molecule has 2 aromatic carbocycles. The van der Waals surface area contributed by atoms with Crippen molar-refractivity contribution in [3.8, 4) is 0 Å². The second-order valence-electron chi connectivity index (χ2n) is 6.83. The van der Waals surface area contributed by atoms with E-state index < -0.39 is 34.7 Å². The summed E-state index contributed by atoms with van der Waals surface area (Å²) in [7, 11) is 0. The first-order valence-corrected chi connectivity index (χ1v) is 9.85. The van der Waals surface area contributed by atoms with E-state index in [4.69, 9.17) is 9.47 Å². The minimum Gasteiger partial charge on any atom is -0.480 e. The molecule has 10 nitrogen and oxygen atoms in total. The van der Waals surface area contributed by atoms with Crippen LogP contribution in [0.1, 0.15) is 30.4 Å². The molecule has 0 aromatic heterocycles. The number of non-ortho nitro benzene ring substituents is 1. The topological polar surface area (TPSA) is 145 Å². The molecule has 0 spiro atoms. The Morgan fingerprint density at radius 2 is 1.75 bits per heavy atom. The van der Waals surface area contributed by atoms with Gasteiger partial charge in [0.1, 0.15) is 12.6 Å². The fourth-order valence-corrected chi connectivity index (χ4v) is 3.06. The van der Waals surface area contributed by atoms with Gasteiger partial charge in [0.2, 0.25) is 5.91 Å². The number of hydrogen-bond donors (Lipinski definition) is 2. The van der Waals surface area contributed by atoms with Gasteiger partial charge in [0.15, 0.2) is 0 Å². The lowest BCUT2D eigenvalue weighted by atomic mass is 9.88. The summed E-state index contributed by atoms with van der Waals surface area (Å²) in [6.07, 6.45) is -0.340. The lowest BCUT2D eigenvalue weighted by Crippen LogP contribution is -2.46.